The zero-order chi connectivity index (χ0) is 14.8. The number of fused-ring (bicyclic) bond motifs is 1. The molecule has 0 N–H and O–H groups in total. The average molecular weight is 287 g/mol. The van der Waals surface area contributed by atoms with Crippen LogP contribution >= 0.6 is 0 Å². The molecule has 1 aromatic carbocycles. The Kier molecular flexibility index (Phi) is 4.18. The number of amides is 1. The van der Waals surface area contributed by atoms with Crippen molar-refractivity contribution in [1.29, 1.82) is 0 Å². The van der Waals surface area contributed by atoms with E-state index in [9.17, 15) is 4.79 Å². The van der Waals surface area contributed by atoms with Gasteiger partial charge in [0.2, 0.25) is 0 Å². The van der Waals surface area contributed by atoms with Gasteiger partial charge in [0, 0.05) is 13.1 Å². The Morgan fingerprint density at radius 3 is 2.90 bits per heavy atom. The molecule has 0 saturated carbocycles. The smallest absolute Gasteiger partial charge is 0.263 e. The fourth-order valence-corrected chi connectivity index (χ4v) is 3.52. The van der Waals surface area contributed by atoms with E-state index in [1.165, 1.54) is 30.4 Å². The van der Waals surface area contributed by atoms with E-state index in [4.69, 9.17) is 4.74 Å². The van der Waals surface area contributed by atoms with Gasteiger partial charge in [-0.3, -0.25) is 4.79 Å². The number of rotatable bonds is 3. The third kappa shape index (κ3) is 3.22. The predicted octanol–water partition coefficient (Wildman–Crippen LogP) is 3.20. The molecule has 2 atom stereocenters. The van der Waals surface area contributed by atoms with E-state index < -0.39 is 6.10 Å². The van der Waals surface area contributed by atoms with Crippen molar-refractivity contribution < 1.29 is 9.53 Å². The van der Waals surface area contributed by atoms with Gasteiger partial charge in [-0.05, 0) is 68.2 Å². The van der Waals surface area contributed by atoms with Crippen molar-refractivity contribution in [2.45, 2.75) is 52.1 Å². The molecule has 0 radical (unpaired) electrons. The van der Waals surface area contributed by atoms with Crippen LogP contribution in [0.2, 0.25) is 0 Å². The molecule has 1 saturated heterocycles. The summed E-state index contributed by atoms with van der Waals surface area (Å²) in [7, 11) is 0. The van der Waals surface area contributed by atoms with E-state index in [0.717, 1.165) is 31.7 Å². The fraction of sp³-hybridized carbons (Fsp3) is 0.611. The lowest BCUT2D eigenvalue weighted by atomic mass is 10.00. The standard InChI is InChI=1S/C18H25NO2/c1-13-5-4-10-19(12-13)18(20)14(2)21-17-9-8-15-6-3-7-16(15)11-17/h8-9,11,13-14H,3-7,10,12H2,1-2H3. The van der Waals surface area contributed by atoms with Gasteiger partial charge in [0.25, 0.3) is 5.91 Å². The quantitative estimate of drug-likeness (QED) is 0.854. The van der Waals surface area contributed by atoms with E-state index in [2.05, 4.69) is 19.1 Å². The number of ether oxygens (including phenoxy) is 1. The van der Waals surface area contributed by atoms with Crippen LogP contribution in [-0.4, -0.2) is 30.0 Å². The molecular weight excluding hydrogens is 262 g/mol. The third-order valence-corrected chi connectivity index (χ3v) is 4.70. The molecule has 1 aromatic rings. The van der Waals surface area contributed by atoms with Crippen LogP contribution in [0.4, 0.5) is 0 Å². The van der Waals surface area contributed by atoms with Crippen molar-refractivity contribution >= 4 is 5.91 Å². The first-order chi connectivity index (χ1) is 10.1. The minimum absolute atomic E-state index is 0.127. The van der Waals surface area contributed by atoms with Crippen molar-refractivity contribution in [3.8, 4) is 5.75 Å². The van der Waals surface area contributed by atoms with Crippen molar-refractivity contribution in [3.05, 3.63) is 29.3 Å². The maximum atomic E-state index is 12.5. The molecule has 1 fully saturated rings. The molecule has 0 bridgehead atoms. The number of carbonyl (C=O) groups excluding carboxylic acids is 1. The highest BCUT2D eigenvalue weighted by Gasteiger charge is 2.26. The molecule has 0 aromatic heterocycles. The van der Waals surface area contributed by atoms with Crippen molar-refractivity contribution in [1.82, 2.24) is 4.90 Å². The Hall–Kier alpha value is -1.51. The lowest BCUT2D eigenvalue weighted by Gasteiger charge is -2.32. The monoisotopic (exact) mass is 287 g/mol. The first-order valence-corrected chi connectivity index (χ1v) is 8.21. The largest absolute Gasteiger partial charge is 0.481 e. The van der Waals surface area contributed by atoms with Crippen LogP contribution in [-0.2, 0) is 17.6 Å². The molecule has 0 spiro atoms. The highest BCUT2D eigenvalue weighted by molar-refractivity contribution is 5.81. The van der Waals surface area contributed by atoms with Crippen molar-refractivity contribution in [2.75, 3.05) is 13.1 Å². The number of hydrogen-bond donors (Lipinski definition) is 0. The van der Waals surface area contributed by atoms with Crippen LogP contribution in [0.25, 0.3) is 0 Å². The highest BCUT2D eigenvalue weighted by Crippen LogP contribution is 2.27. The van der Waals surface area contributed by atoms with Crippen molar-refractivity contribution in [3.63, 3.8) is 0 Å². The maximum Gasteiger partial charge on any atom is 0.263 e. The van der Waals surface area contributed by atoms with E-state index in [1.54, 1.807) is 0 Å². The molecule has 1 amide bonds. The second kappa shape index (κ2) is 6.08. The van der Waals surface area contributed by atoms with Crippen LogP contribution in [0, 0.1) is 5.92 Å². The van der Waals surface area contributed by atoms with E-state index in [1.807, 2.05) is 17.9 Å². The first kappa shape index (κ1) is 14.4. The molecular formula is C18H25NO2. The topological polar surface area (TPSA) is 29.5 Å². The predicted molar refractivity (Wildman–Crippen MR) is 83.5 cm³/mol. The summed E-state index contributed by atoms with van der Waals surface area (Å²) in [5, 5.41) is 0. The minimum atomic E-state index is -0.394. The molecule has 21 heavy (non-hydrogen) atoms. The summed E-state index contributed by atoms with van der Waals surface area (Å²) in [6.45, 7) is 5.83. The summed E-state index contributed by atoms with van der Waals surface area (Å²) < 4.78 is 5.90. The van der Waals surface area contributed by atoms with Gasteiger partial charge in [0.05, 0.1) is 0 Å². The molecule has 3 heteroatoms. The van der Waals surface area contributed by atoms with Gasteiger partial charge < -0.3 is 9.64 Å². The number of likely N-dealkylation sites (tertiary alicyclic amines) is 1. The molecule has 2 unspecified atom stereocenters. The Balaban J connectivity index is 1.62. The number of aryl methyl sites for hydroxylation is 2. The van der Waals surface area contributed by atoms with Gasteiger partial charge in [-0.1, -0.05) is 13.0 Å². The summed E-state index contributed by atoms with van der Waals surface area (Å²) in [6.07, 6.45) is 5.49. The van der Waals surface area contributed by atoms with Gasteiger partial charge >= 0.3 is 0 Å². The Labute approximate surface area is 127 Å². The van der Waals surface area contributed by atoms with E-state index in [0.29, 0.717) is 5.92 Å². The SMILES string of the molecule is CC1CCCN(C(=O)C(C)Oc2ccc3c(c2)CCC3)C1. The zero-order valence-electron chi connectivity index (χ0n) is 13.1. The van der Waals surface area contributed by atoms with Crippen LogP contribution in [0.15, 0.2) is 18.2 Å². The summed E-state index contributed by atoms with van der Waals surface area (Å²) >= 11 is 0. The molecule has 3 rings (SSSR count). The van der Waals surface area contributed by atoms with Crippen LogP contribution in [0.3, 0.4) is 0 Å². The van der Waals surface area contributed by atoms with Gasteiger partial charge in [0.15, 0.2) is 6.10 Å². The number of piperidine rings is 1. The molecule has 114 valence electrons. The summed E-state index contributed by atoms with van der Waals surface area (Å²) in [6, 6.07) is 6.27. The van der Waals surface area contributed by atoms with Gasteiger partial charge in [-0.15, -0.1) is 0 Å². The van der Waals surface area contributed by atoms with Gasteiger partial charge in [-0.25, -0.2) is 0 Å². The summed E-state index contributed by atoms with van der Waals surface area (Å²) in [5.41, 5.74) is 2.82. The van der Waals surface area contributed by atoms with Crippen LogP contribution in [0.5, 0.6) is 5.75 Å². The molecule has 1 aliphatic heterocycles. The third-order valence-electron chi connectivity index (χ3n) is 4.70. The highest BCUT2D eigenvalue weighted by atomic mass is 16.5. The average Bonchev–Trinajstić information content (AvgIpc) is 2.94. The normalized spacial score (nSPS) is 22.8. The maximum absolute atomic E-state index is 12.5. The lowest BCUT2D eigenvalue weighted by Crippen LogP contribution is -2.45. The molecule has 3 nitrogen and oxygen atoms in total. The number of benzene rings is 1. The number of hydrogen-bond acceptors (Lipinski definition) is 2. The molecule has 2 aliphatic rings. The van der Waals surface area contributed by atoms with E-state index in [-0.39, 0.29) is 5.91 Å². The van der Waals surface area contributed by atoms with Gasteiger partial charge in [-0.2, -0.15) is 0 Å². The molecule has 1 heterocycles. The Morgan fingerprint density at radius 2 is 2.10 bits per heavy atom. The van der Waals surface area contributed by atoms with Gasteiger partial charge in [0.1, 0.15) is 5.75 Å². The van der Waals surface area contributed by atoms with Crippen LogP contribution in [0.1, 0.15) is 44.2 Å². The fourth-order valence-electron chi connectivity index (χ4n) is 3.52. The lowest BCUT2D eigenvalue weighted by molar-refractivity contribution is -0.139. The first-order valence-electron chi connectivity index (χ1n) is 8.21. The second-order valence-corrected chi connectivity index (χ2v) is 6.58. The zero-order valence-corrected chi connectivity index (χ0v) is 13.1. The second-order valence-electron chi connectivity index (χ2n) is 6.58. The number of carbonyl (C=O) groups is 1. The summed E-state index contributed by atoms with van der Waals surface area (Å²) in [4.78, 5) is 14.4. The molecule has 1 aliphatic carbocycles. The summed E-state index contributed by atoms with van der Waals surface area (Å²) in [5.74, 6) is 1.57. The Bertz CT molecular complexity index is 526. The Morgan fingerprint density at radius 1 is 1.29 bits per heavy atom. The number of nitrogens with zero attached hydrogens (tertiary/aromatic N) is 1. The van der Waals surface area contributed by atoms with E-state index >= 15 is 0 Å². The minimum Gasteiger partial charge on any atom is -0.481 e. The van der Waals surface area contributed by atoms with Crippen molar-refractivity contribution in [2.24, 2.45) is 5.92 Å². The van der Waals surface area contributed by atoms with Crippen LogP contribution < -0.4 is 4.74 Å².